The number of carboxylic acid groups (broad SMARTS) is 5. The molecule has 0 amide bonds. The molecule has 22 heteroatoms. The molecule has 0 radical (unpaired) electrons. The van der Waals surface area contributed by atoms with Crippen LogP contribution in [0.5, 0.6) is 0 Å². The lowest BCUT2D eigenvalue weighted by atomic mass is 10.1. The zero-order valence-electron chi connectivity index (χ0n) is 38.4. The second-order valence-electron chi connectivity index (χ2n) is 15.4. The largest absolute Gasteiger partial charge is 0.480 e. The Morgan fingerprint density at radius 2 is 0.769 bits per heavy atom. The van der Waals surface area contributed by atoms with Gasteiger partial charge in [0.25, 0.3) is 0 Å². The van der Waals surface area contributed by atoms with Crippen LogP contribution in [0.3, 0.4) is 0 Å². The van der Waals surface area contributed by atoms with Gasteiger partial charge in [-0.3, -0.25) is 43.5 Å². The van der Waals surface area contributed by atoms with Gasteiger partial charge in [0.05, 0.1) is 105 Å². The molecule has 378 valence electrons. The molecule has 0 rings (SSSR count). The number of carbonyl (C=O) groups is 7. The van der Waals surface area contributed by atoms with Gasteiger partial charge in [-0.05, 0) is 6.42 Å². The van der Waals surface area contributed by atoms with E-state index in [0.717, 1.165) is 22.6 Å². The number of hydrogen-bond donors (Lipinski definition) is 5. The zero-order chi connectivity index (χ0) is 48.3. The normalized spacial score (nSPS) is 11.9. The molecule has 0 aromatic heterocycles. The minimum Gasteiger partial charge on any atom is -0.480 e. The third kappa shape index (κ3) is 42.5. The number of carboxylic acids is 5. The Morgan fingerprint density at radius 3 is 1.18 bits per heavy atom. The number of ketones is 1. The number of esters is 1. The summed E-state index contributed by atoms with van der Waals surface area (Å²) < 4.78 is 37.7. The van der Waals surface area contributed by atoms with Crippen molar-refractivity contribution in [2.24, 2.45) is 0 Å². The summed E-state index contributed by atoms with van der Waals surface area (Å²) in [6.45, 7) is 0.372. The number of Topliss-reactive ketones (excluding diaryl/α,β-unsaturated/α-hetero) is 1. The molecule has 0 fully saturated rings. The van der Waals surface area contributed by atoms with Gasteiger partial charge >= 0.3 is 35.8 Å². The minimum absolute atomic E-state index is 0.0102. The number of aliphatic carboxylic acids is 5. The lowest BCUT2D eigenvalue weighted by molar-refractivity contribution is -0.150. The molecule has 0 heterocycles. The summed E-state index contributed by atoms with van der Waals surface area (Å²) in [7, 11) is 0. The molecule has 0 saturated carbocycles. The lowest BCUT2D eigenvalue weighted by Crippen LogP contribution is -2.51. The Morgan fingerprint density at radius 1 is 0.415 bits per heavy atom. The molecule has 0 aromatic carbocycles. The monoisotopic (exact) mass is 940 g/mol. The van der Waals surface area contributed by atoms with Gasteiger partial charge in [-0.25, -0.2) is 4.79 Å². The smallest absolute Gasteiger partial charge is 0.332 e. The molecule has 65 heavy (non-hydrogen) atoms. The van der Waals surface area contributed by atoms with Crippen molar-refractivity contribution in [3.8, 4) is 0 Å². The van der Waals surface area contributed by atoms with E-state index in [1.165, 1.54) is 69.1 Å². The second kappa shape index (κ2) is 42.7. The number of unbranched alkanes of at least 4 members (excludes halogenated alkanes) is 11. The summed E-state index contributed by atoms with van der Waals surface area (Å²) in [6.07, 6.45) is 14.5. The van der Waals surface area contributed by atoms with Crippen molar-refractivity contribution in [2.45, 2.75) is 96.4 Å². The molecule has 1 atom stereocenters. The van der Waals surface area contributed by atoms with Crippen LogP contribution in [0, 0.1) is 0 Å². The Kier molecular flexibility index (Phi) is 40.2. The number of hydrogen-bond acceptors (Lipinski definition) is 17. The van der Waals surface area contributed by atoms with Crippen LogP contribution in [-0.4, -0.2) is 226 Å². The number of rotatable bonds is 50. The molecule has 0 aliphatic heterocycles. The average Bonchev–Trinajstić information content (AvgIpc) is 3.22. The van der Waals surface area contributed by atoms with Crippen molar-refractivity contribution >= 4 is 41.6 Å². The second-order valence-corrected chi connectivity index (χ2v) is 15.4. The Balaban J connectivity index is 4.18. The summed E-state index contributed by atoms with van der Waals surface area (Å²) in [6, 6.07) is -1.11. The van der Waals surface area contributed by atoms with E-state index < -0.39 is 87.4 Å². The van der Waals surface area contributed by atoms with Crippen LogP contribution < -0.4 is 0 Å². The Hall–Kier alpha value is -3.87. The van der Waals surface area contributed by atoms with Crippen molar-refractivity contribution in [2.75, 3.05) is 138 Å². The van der Waals surface area contributed by atoms with Crippen molar-refractivity contribution < 1.29 is 92.3 Å². The van der Waals surface area contributed by atoms with E-state index in [4.69, 9.17) is 43.4 Å². The van der Waals surface area contributed by atoms with Crippen molar-refractivity contribution in [3.63, 3.8) is 0 Å². The van der Waals surface area contributed by atoms with Crippen LogP contribution in [0.25, 0.3) is 0 Å². The summed E-state index contributed by atoms with van der Waals surface area (Å²) >= 11 is 0. The molecule has 5 N–H and O–H groups in total. The van der Waals surface area contributed by atoms with Crippen LogP contribution in [0.4, 0.5) is 0 Å². The SMILES string of the molecule is CCCCCCCCCCCCCCOC(=O)COCCOCCOCCOCCOCCOCC(=O)CC(CN(CCN(CC(=O)O)CC(=O)O)CC(=O)O)N(CC(=O)O)CC(=O)O. The first-order valence-electron chi connectivity index (χ1n) is 22.6. The quantitative estimate of drug-likeness (QED) is 0.0430. The van der Waals surface area contributed by atoms with E-state index in [2.05, 4.69) is 6.92 Å². The van der Waals surface area contributed by atoms with E-state index in [1.54, 1.807) is 0 Å². The van der Waals surface area contributed by atoms with Gasteiger partial charge in [-0.15, -0.1) is 0 Å². The van der Waals surface area contributed by atoms with Crippen LogP contribution in [0.2, 0.25) is 0 Å². The molecule has 0 spiro atoms. The molecule has 0 bridgehead atoms. The van der Waals surface area contributed by atoms with Crippen LogP contribution >= 0.6 is 0 Å². The fourth-order valence-corrected chi connectivity index (χ4v) is 6.41. The first-order chi connectivity index (χ1) is 31.2. The van der Waals surface area contributed by atoms with Gasteiger partial charge < -0.3 is 58.7 Å². The summed E-state index contributed by atoms with van der Waals surface area (Å²) in [5.41, 5.74) is 0. The van der Waals surface area contributed by atoms with E-state index in [1.807, 2.05) is 0 Å². The van der Waals surface area contributed by atoms with E-state index in [-0.39, 0.29) is 65.2 Å². The first-order valence-corrected chi connectivity index (χ1v) is 22.6. The molecular formula is C43H77N3O19. The molecular weight excluding hydrogens is 862 g/mol. The Bertz CT molecular complexity index is 1260. The average molecular weight is 940 g/mol. The van der Waals surface area contributed by atoms with Gasteiger partial charge in [0.1, 0.15) is 13.2 Å². The minimum atomic E-state index is -1.40. The van der Waals surface area contributed by atoms with Gasteiger partial charge in [0.15, 0.2) is 5.78 Å². The summed E-state index contributed by atoms with van der Waals surface area (Å²) in [4.78, 5) is 85.2. The molecule has 22 nitrogen and oxygen atoms in total. The van der Waals surface area contributed by atoms with Crippen molar-refractivity contribution in [1.82, 2.24) is 14.7 Å². The maximum absolute atomic E-state index is 12.9. The van der Waals surface area contributed by atoms with Gasteiger partial charge in [0.2, 0.25) is 0 Å². The third-order valence-electron chi connectivity index (χ3n) is 9.54. The van der Waals surface area contributed by atoms with Gasteiger partial charge in [0, 0.05) is 32.1 Å². The zero-order valence-corrected chi connectivity index (χ0v) is 38.4. The lowest BCUT2D eigenvalue weighted by Gasteiger charge is -2.34. The maximum Gasteiger partial charge on any atom is 0.332 e. The fraction of sp³-hybridized carbons (Fsp3) is 0.837. The van der Waals surface area contributed by atoms with Crippen molar-refractivity contribution in [1.29, 1.82) is 0 Å². The Labute approximate surface area is 382 Å². The molecule has 0 aromatic rings. The topological polar surface area (TPSA) is 295 Å². The molecule has 0 aliphatic carbocycles. The van der Waals surface area contributed by atoms with Crippen LogP contribution in [0.1, 0.15) is 90.4 Å². The predicted molar refractivity (Wildman–Crippen MR) is 233 cm³/mol. The first kappa shape index (κ1) is 61.1. The third-order valence-corrected chi connectivity index (χ3v) is 9.54. The van der Waals surface area contributed by atoms with Crippen LogP contribution in [0.15, 0.2) is 0 Å². The summed E-state index contributed by atoms with van der Waals surface area (Å²) in [5, 5.41) is 46.6. The predicted octanol–water partition coefficient (Wildman–Crippen LogP) is 1.99. The number of nitrogens with zero attached hydrogens (tertiary/aromatic N) is 3. The molecule has 0 aliphatic rings. The highest BCUT2D eigenvalue weighted by molar-refractivity contribution is 5.80. The van der Waals surface area contributed by atoms with E-state index in [9.17, 15) is 48.9 Å². The standard InChI is InChI=1S/C43H77N3O19/c1-2-3-4-5-6-7-8-9-10-11-12-13-16-65-43(58)35-64-26-24-62-22-20-60-18-17-59-19-21-61-23-25-63-34-37(47)27-36(46(32-41(54)55)33-42(56)57)28-44(29-38(48)49)14-15-45(30-39(50)51)31-40(52)53/h36H,2-35H2,1H3,(H,48,49)(H,50,51)(H,52,53)(H,54,55)(H,56,57). The van der Waals surface area contributed by atoms with Crippen molar-refractivity contribution in [3.05, 3.63) is 0 Å². The van der Waals surface area contributed by atoms with E-state index in [0.29, 0.717) is 39.6 Å². The highest BCUT2D eigenvalue weighted by Crippen LogP contribution is 2.13. The van der Waals surface area contributed by atoms with Crippen LogP contribution in [-0.2, 0) is 66.7 Å². The number of ether oxygens (including phenoxy) is 7. The fourth-order valence-electron chi connectivity index (χ4n) is 6.41. The molecule has 0 saturated heterocycles. The highest BCUT2D eigenvalue weighted by Gasteiger charge is 2.29. The van der Waals surface area contributed by atoms with E-state index >= 15 is 0 Å². The highest BCUT2D eigenvalue weighted by atomic mass is 16.6. The van der Waals surface area contributed by atoms with Gasteiger partial charge in [-0.1, -0.05) is 77.6 Å². The molecule has 1 unspecified atom stereocenters. The van der Waals surface area contributed by atoms with Gasteiger partial charge in [-0.2, -0.15) is 0 Å². The maximum atomic E-state index is 12.9. The summed E-state index contributed by atoms with van der Waals surface area (Å²) in [5.74, 6) is -7.66. The number of carbonyl (C=O) groups excluding carboxylic acids is 2.